The van der Waals surface area contributed by atoms with E-state index in [0.29, 0.717) is 18.0 Å². The molecule has 1 aliphatic rings. The van der Waals surface area contributed by atoms with Crippen LogP contribution in [-0.2, 0) is 9.53 Å². The lowest BCUT2D eigenvalue weighted by Crippen LogP contribution is -2.31. The minimum atomic E-state index is -0.510. The van der Waals surface area contributed by atoms with Crippen LogP contribution in [-0.4, -0.2) is 31.8 Å². The topological polar surface area (TPSA) is 47.6 Å². The SMILES string of the molecule is COC(=O)[C@@H]1C[C@H](Oc2ccc(Cl)cc2F)CN1. The van der Waals surface area contributed by atoms with Crippen LogP contribution < -0.4 is 10.1 Å². The second-order valence-electron chi connectivity index (χ2n) is 4.03. The van der Waals surface area contributed by atoms with Crippen LogP contribution in [0.4, 0.5) is 4.39 Å². The van der Waals surface area contributed by atoms with Gasteiger partial charge in [0.05, 0.1) is 7.11 Å². The normalized spacial score (nSPS) is 22.8. The van der Waals surface area contributed by atoms with Crippen LogP contribution in [0.5, 0.6) is 5.75 Å². The predicted octanol–water partition coefficient (Wildman–Crippen LogP) is 1.76. The van der Waals surface area contributed by atoms with Gasteiger partial charge < -0.3 is 14.8 Å². The van der Waals surface area contributed by atoms with Gasteiger partial charge in [0, 0.05) is 18.0 Å². The third kappa shape index (κ3) is 2.91. The second-order valence-corrected chi connectivity index (χ2v) is 4.47. The van der Waals surface area contributed by atoms with E-state index in [1.807, 2.05) is 0 Å². The summed E-state index contributed by atoms with van der Waals surface area (Å²) >= 11 is 5.65. The Morgan fingerprint density at radius 2 is 2.33 bits per heavy atom. The van der Waals surface area contributed by atoms with Crippen LogP contribution in [0.1, 0.15) is 6.42 Å². The lowest BCUT2D eigenvalue weighted by Gasteiger charge is -2.13. The number of benzene rings is 1. The lowest BCUT2D eigenvalue weighted by atomic mass is 10.2. The lowest BCUT2D eigenvalue weighted by molar-refractivity contribution is -0.142. The Morgan fingerprint density at radius 1 is 1.56 bits per heavy atom. The van der Waals surface area contributed by atoms with Crippen LogP contribution in [0.2, 0.25) is 5.02 Å². The molecule has 2 atom stereocenters. The number of ether oxygens (including phenoxy) is 2. The Labute approximate surface area is 109 Å². The fraction of sp³-hybridized carbons (Fsp3) is 0.417. The van der Waals surface area contributed by atoms with Gasteiger partial charge in [0.1, 0.15) is 12.1 Å². The molecule has 0 radical (unpaired) electrons. The minimum absolute atomic E-state index is 0.136. The molecule has 0 saturated carbocycles. The van der Waals surface area contributed by atoms with Gasteiger partial charge in [0.25, 0.3) is 0 Å². The van der Waals surface area contributed by atoms with Crippen molar-refractivity contribution in [3.63, 3.8) is 0 Å². The van der Waals surface area contributed by atoms with E-state index in [4.69, 9.17) is 16.3 Å². The van der Waals surface area contributed by atoms with Crippen molar-refractivity contribution in [1.29, 1.82) is 0 Å². The number of methoxy groups -OCH3 is 1. The Bertz CT molecular complexity index is 455. The molecular formula is C12H13ClFNO3. The first-order valence-corrected chi connectivity index (χ1v) is 5.91. The molecule has 0 spiro atoms. The Kier molecular flexibility index (Phi) is 4.04. The second kappa shape index (κ2) is 5.54. The molecule has 0 bridgehead atoms. The highest BCUT2D eigenvalue weighted by Gasteiger charge is 2.31. The van der Waals surface area contributed by atoms with Crippen LogP contribution in [0.25, 0.3) is 0 Å². The van der Waals surface area contributed by atoms with Crippen LogP contribution >= 0.6 is 11.6 Å². The van der Waals surface area contributed by atoms with E-state index < -0.39 is 11.9 Å². The molecule has 1 aromatic rings. The number of carbonyl (C=O) groups excluding carboxylic acids is 1. The molecule has 6 heteroatoms. The quantitative estimate of drug-likeness (QED) is 0.853. The third-order valence-electron chi connectivity index (χ3n) is 2.76. The highest BCUT2D eigenvalue weighted by molar-refractivity contribution is 6.30. The largest absolute Gasteiger partial charge is 0.486 e. The first kappa shape index (κ1) is 13.1. The summed E-state index contributed by atoms with van der Waals surface area (Å²) in [5.41, 5.74) is 0. The zero-order chi connectivity index (χ0) is 13.1. The Hall–Kier alpha value is -1.33. The molecule has 2 rings (SSSR count). The smallest absolute Gasteiger partial charge is 0.323 e. The highest BCUT2D eigenvalue weighted by Crippen LogP contribution is 2.24. The van der Waals surface area contributed by atoms with Gasteiger partial charge in [-0.2, -0.15) is 0 Å². The van der Waals surface area contributed by atoms with E-state index >= 15 is 0 Å². The summed E-state index contributed by atoms with van der Waals surface area (Å²) in [6, 6.07) is 3.83. The van der Waals surface area contributed by atoms with Gasteiger partial charge in [0.2, 0.25) is 0 Å². The van der Waals surface area contributed by atoms with Crippen LogP contribution in [0.15, 0.2) is 18.2 Å². The van der Waals surface area contributed by atoms with E-state index in [0.717, 1.165) is 0 Å². The minimum Gasteiger partial charge on any atom is -0.486 e. The number of nitrogens with one attached hydrogen (secondary N) is 1. The standard InChI is InChI=1S/C12H13ClFNO3/c1-17-12(16)10-5-8(6-15-10)18-11-3-2-7(13)4-9(11)14/h2-4,8,10,15H,5-6H2,1H3/t8-,10-/m0/s1. The van der Waals surface area contributed by atoms with Gasteiger partial charge in [-0.15, -0.1) is 0 Å². The van der Waals surface area contributed by atoms with Gasteiger partial charge in [-0.05, 0) is 18.2 Å². The average molecular weight is 274 g/mol. The zero-order valence-electron chi connectivity index (χ0n) is 9.78. The van der Waals surface area contributed by atoms with Crippen molar-refractivity contribution in [3.8, 4) is 5.75 Å². The van der Waals surface area contributed by atoms with E-state index in [-0.39, 0.29) is 17.8 Å². The molecule has 0 aromatic heterocycles. The third-order valence-corrected chi connectivity index (χ3v) is 3.00. The van der Waals surface area contributed by atoms with Gasteiger partial charge >= 0.3 is 5.97 Å². The first-order chi connectivity index (χ1) is 8.60. The van der Waals surface area contributed by atoms with E-state index in [9.17, 15) is 9.18 Å². The molecule has 4 nitrogen and oxygen atoms in total. The van der Waals surface area contributed by atoms with E-state index in [1.165, 1.54) is 19.2 Å². The molecule has 0 unspecified atom stereocenters. The van der Waals surface area contributed by atoms with Gasteiger partial charge in [-0.1, -0.05) is 11.6 Å². The predicted molar refractivity (Wildman–Crippen MR) is 64.2 cm³/mol. The molecule has 18 heavy (non-hydrogen) atoms. The van der Waals surface area contributed by atoms with Crippen molar-refractivity contribution in [3.05, 3.63) is 29.0 Å². The summed E-state index contributed by atoms with van der Waals surface area (Å²) in [5, 5.41) is 3.28. The molecule has 1 heterocycles. The monoisotopic (exact) mass is 273 g/mol. The number of hydrogen-bond donors (Lipinski definition) is 1. The number of hydrogen-bond acceptors (Lipinski definition) is 4. The van der Waals surface area contributed by atoms with Crippen molar-refractivity contribution >= 4 is 17.6 Å². The zero-order valence-corrected chi connectivity index (χ0v) is 10.5. The summed E-state index contributed by atoms with van der Waals surface area (Å²) in [5.74, 6) is -0.710. The summed E-state index contributed by atoms with van der Waals surface area (Å²) in [6.07, 6.45) is 0.194. The number of esters is 1. The van der Waals surface area contributed by atoms with Gasteiger partial charge in [-0.25, -0.2) is 4.39 Å². The fourth-order valence-electron chi connectivity index (χ4n) is 1.87. The molecule has 1 aromatic carbocycles. The number of carbonyl (C=O) groups is 1. The Balaban J connectivity index is 1.97. The highest BCUT2D eigenvalue weighted by atomic mass is 35.5. The number of rotatable bonds is 3. The van der Waals surface area contributed by atoms with E-state index in [2.05, 4.69) is 10.1 Å². The molecule has 1 aliphatic heterocycles. The van der Waals surface area contributed by atoms with Crippen LogP contribution in [0, 0.1) is 5.82 Å². The molecular weight excluding hydrogens is 261 g/mol. The van der Waals surface area contributed by atoms with Crippen molar-refractivity contribution in [2.24, 2.45) is 0 Å². The molecule has 0 amide bonds. The Morgan fingerprint density at radius 3 is 3.00 bits per heavy atom. The van der Waals surface area contributed by atoms with Crippen LogP contribution in [0.3, 0.4) is 0 Å². The fourth-order valence-corrected chi connectivity index (χ4v) is 2.02. The number of halogens is 2. The van der Waals surface area contributed by atoms with Crippen molar-refractivity contribution in [2.75, 3.05) is 13.7 Å². The molecule has 0 aliphatic carbocycles. The summed E-state index contributed by atoms with van der Waals surface area (Å²) in [4.78, 5) is 11.3. The molecule has 98 valence electrons. The molecule has 1 saturated heterocycles. The first-order valence-electron chi connectivity index (χ1n) is 5.53. The molecule has 1 N–H and O–H groups in total. The summed E-state index contributed by atoms with van der Waals surface area (Å²) in [7, 11) is 1.33. The molecule has 1 fully saturated rings. The summed E-state index contributed by atoms with van der Waals surface area (Å²) < 4.78 is 23.6. The van der Waals surface area contributed by atoms with Crippen molar-refractivity contribution < 1.29 is 18.7 Å². The van der Waals surface area contributed by atoms with Gasteiger partial charge in [0.15, 0.2) is 11.6 Å². The maximum Gasteiger partial charge on any atom is 0.323 e. The van der Waals surface area contributed by atoms with Crippen molar-refractivity contribution in [1.82, 2.24) is 5.32 Å². The maximum atomic E-state index is 13.5. The van der Waals surface area contributed by atoms with Gasteiger partial charge in [-0.3, -0.25) is 4.79 Å². The van der Waals surface area contributed by atoms with E-state index in [1.54, 1.807) is 6.07 Å². The maximum absolute atomic E-state index is 13.5. The average Bonchev–Trinajstić information content (AvgIpc) is 2.80. The van der Waals surface area contributed by atoms with Crippen molar-refractivity contribution in [2.45, 2.75) is 18.6 Å². The summed E-state index contributed by atoms with van der Waals surface area (Å²) in [6.45, 7) is 0.474.